The van der Waals surface area contributed by atoms with Crippen LogP contribution in [-0.4, -0.2) is 35.2 Å². The topological polar surface area (TPSA) is 66.5 Å². The predicted octanol–water partition coefficient (Wildman–Crippen LogP) is 1.08. The normalized spacial score (nSPS) is 19.3. The number of carbonyl (C=O) groups excluding carboxylic acids is 3. The van der Waals surface area contributed by atoms with Gasteiger partial charge in [0.15, 0.2) is 0 Å². The van der Waals surface area contributed by atoms with Gasteiger partial charge >= 0.3 is 0 Å². The van der Waals surface area contributed by atoms with E-state index in [0.717, 1.165) is 17.0 Å². The van der Waals surface area contributed by atoms with Crippen molar-refractivity contribution in [1.82, 2.24) is 10.2 Å². The van der Waals surface area contributed by atoms with E-state index in [-0.39, 0.29) is 16.6 Å². The molecule has 1 N–H and O–H groups in total. The predicted molar refractivity (Wildman–Crippen MR) is 67.7 cm³/mol. The average Bonchev–Trinajstić information content (AvgIpc) is 2.33. The van der Waals surface area contributed by atoms with Crippen LogP contribution in [-0.2, 0) is 9.59 Å². The second-order valence-corrected chi connectivity index (χ2v) is 5.00. The number of carbonyl (C=O) groups is 3. The van der Waals surface area contributed by atoms with Crippen molar-refractivity contribution in [2.24, 2.45) is 0 Å². The third-order valence-corrected chi connectivity index (χ3v) is 3.50. The van der Waals surface area contributed by atoms with Gasteiger partial charge in [-0.25, -0.2) is 4.39 Å². The van der Waals surface area contributed by atoms with Gasteiger partial charge in [0, 0.05) is 4.47 Å². The maximum atomic E-state index is 13.0. The molecule has 1 unspecified atom stereocenters. The largest absolute Gasteiger partial charge is 0.318 e. The molecule has 0 bridgehead atoms. The van der Waals surface area contributed by atoms with E-state index in [0.29, 0.717) is 0 Å². The van der Waals surface area contributed by atoms with Crippen LogP contribution in [0, 0.1) is 5.82 Å². The summed E-state index contributed by atoms with van der Waals surface area (Å²) in [4.78, 5) is 36.2. The third kappa shape index (κ3) is 2.65. The zero-order valence-electron chi connectivity index (χ0n) is 9.94. The number of piperazine rings is 1. The highest BCUT2D eigenvalue weighted by Crippen LogP contribution is 2.21. The van der Waals surface area contributed by atoms with Gasteiger partial charge < -0.3 is 4.90 Å². The Morgan fingerprint density at radius 3 is 2.79 bits per heavy atom. The van der Waals surface area contributed by atoms with Crippen molar-refractivity contribution >= 4 is 33.7 Å². The molecule has 0 saturated carbocycles. The first kappa shape index (κ1) is 13.7. The van der Waals surface area contributed by atoms with Crippen LogP contribution in [0.5, 0.6) is 0 Å². The van der Waals surface area contributed by atoms with Gasteiger partial charge in [0.1, 0.15) is 18.4 Å². The van der Waals surface area contributed by atoms with E-state index in [1.165, 1.54) is 13.0 Å². The van der Waals surface area contributed by atoms with Crippen LogP contribution in [0.25, 0.3) is 0 Å². The third-order valence-electron chi connectivity index (χ3n) is 2.85. The number of rotatable bonds is 1. The highest BCUT2D eigenvalue weighted by Gasteiger charge is 2.34. The number of halogens is 2. The van der Waals surface area contributed by atoms with Crippen molar-refractivity contribution in [3.63, 3.8) is 0 Å². The first-order valence-corrected chi connectivity index (χ1v) is 6.29. The summed E-state index contributed by atoms with van der Waals surface area (Å²) in [6.07, 6.45) is 0. The molecule has 0 radical (unpaired) electrons. The summed E-state index contributed by atoms with van der Waals surface area (Å²) in [5.74, 6) is -2.04. The van der Waals surface area contributed by atoms with Gasteiger partial charge in [-0.2, -0.15) is 0 Å². The number of hydrogen-bond donors (Lipinski definition) is 1. The molecule has 1 aliphatic rings. The lowest BCUT2D eigenvalue weighted by atomic mass is 10.1. The van der Waals surface area contributed by atoms with Gasteiger partial charge in [-0.1, -0.05) is 0 Å². The van der Waals surface area contributed by atoms with Crippen LogP contribution < -0.4 is 5.32 Å². The van der Waals surface area contributed by atoms with Crippen LogP contribution >= 0.6 is 15.9 Å². The molecule has 1 saturated heterocycles. The van der Waals surface area contributed by atoms with Gasteiger partial charge in [-0.05, 0) is 41.1 Å². The summed E-state index contributed by atoms with van der Waals surface area (Å²) in [6.45, 7) is 1.33. The molecular formula is C12H10BrFN2O3. The van der Waals surface area contributed by atoms with Gasteiger partial charge in [0.05, 0.1) is 5.56 Å². The molecule has 3 amide bonds. The van der Waals surface area contributed by atoms with E-state index in [1.54, 1.807) is 0 Å². The molecule has 0 spiro atoms. The molecule has 100 valence electrons. The van der Waals surface area contributed by atoms with E-state index < -0.39 is 29.6 Å². The first-order chi connectivity index (χ1) is 8.90. The van der Waals surface area contributed by atoms with E-state index in [2.05, 4.69) is 21.2 Å². The lowest BCUT2D eigenvalue weighted by molar-refractivity contribution is -0.138. The van der Waals surface area contributed by atoms with Gasteiger partial charge in [-0.3, -0.25) is 19.7 Å². The molecule has 1 aromatic rings. The molecule has 1 aliphatic heterocycles. The van der Waals surface area contributed by atoms with Gasteiger partial charge in [0.25, 0.3) is 5.91 Å². The number of imide groups is 1. The SMILES string of the molecule is CC1C(=O)NC(=O)CN1C(=O)c1ccc(F)cc1Br. The minimum absolute atomic E-state index is 0.199. The van der Waals surface area contributed by atoms with Crippen molar-refractivity contribution in [3.05, 3.63) is 34.1 Å². The average molecular weight is 329 g/mol. The number of nitrogens with zero attached hydrogens (tertiary/aromatic N) is 1. The second-order valence-electron chi connectivity index (χ2n) is 4.15. The molecular weight excluding hydrogens is 319 g/mol. The van der Waals surface area contributed by atoms with Crippen molar-refractivity contribution in [3.8, 4) is 0 Å². The molecule has 2 rings (SSSR count). The monoisotopic (exact) mass is 328 g/mol. The van der Waals surface area contributed by atoms with E-state index in [4.69, 9.17) is 0 Å². The van der Waals surface area contributed by atoms with Crippen molar-refractivity contribution in [2.75, 3.05) is 6.54 Å². The Morgan fingerprint density at radius 2 is 2.16 bits per heavy atom. The summed E-state index contributed by atoms with van der Waals surface area (Å²) in [7, 11) is 0. The highest BCUT2D eigenvalue weighted by atomic mass is 79.9. The molecule has 19 heavy (non-hydrogen) atoms. The zero-order chi connectivity index (χ0) is 14.2. The smallest absolute Gasteiger partial charge is 0.256 e. The molecule has 7 heteroatoms. The van der Waals surface area contributed by atoms with Crippen LogP contribution in [0.1, 0.15) is 17.3 Å². The number of nitrogens with one attached hydrogen (secondary N) is 1. The summed E-state index contributed by atoms with van der Waals surface area (Å²) < 4.78 is 13.3. The maximum Gasteiger partial charge on any atom is 0.256 e. The fraction of sp³-hybridized carbons (Fsp3) is 0.250. The quantitative estimate of drug-likeness (QED) is 0.784. The van der Waals surface area contributed by atoms with Crippen LogP contribution in [0.4, 0.5) is 4.39 Å². The van der Waals surface area contributed by atoms with Crippen molar-refractivity contribution in [2.45, 2.75) is 13.0 Å². The fourth-order valence-corrected chi connectivity index (χ4v) is 2.30. The number of hydrogen-bond acceptors (Lipinski definition) is 3. The molecule has 5 nitrogen and oxygen atoms in total. The number of benzene rings is 1. The summed E-state index contributed by atoms with van der Waals surface area (Å²) in [5, 5.41) is 2.15. The minimum Gasteiger partial charge on any atom is -0.318 e. The Kier molecular flexibility index (Phi) is 3.66. The lowest BCUT2D eigenvalue weighted by Crippen LogP contribution is -2.58. The van der Waals surface area contributed by atoms with Crippen LogP contribution in [0.15, 0.2) is 22.7 Å². The minimum atomic E-state index is -0.748. The van der Waals surface area contributed by atoms with Gasteiger partial charge in [0.2, 0.25) is 11.8 Å². The van der Waals surface area contributed by atoms with E-state index >= 15 is 0 Å². The Balaban J connectivity index is 2.32. The maximum absolute atomic E-state index is 13.0. The summed E-state index contributed by atoms with van der Waals surface area (Å²) in [5.41, 5.74) is 0.204. The van der Waals surface area contributed by atoms with Crippen LogP contribution in [0.2, 0.25) is 0 Å². The van der Waals surface area contributed by atoms with E-state index in [9.17, 15) is 18.8 Å². The molecule has 1 fully saturated rings. The highest BCUT2D eigenvalue weighted by molar-refractivity contribution is 9.10. The Labute approximate surface area is 116 Å². The standard InChI is InChI=1S/C12H10BrFN2O3/c1-6-11(18)15-10(17)5-16(6)12(19)8-3-2-7(14)4-9(8)13/h2-4,6H,5H2,1H3,(H,15,17,18). The Hall–Kier alpha value is -1.76. The molecule has 1 heterocycles. The van der Waals surface area contributed by atoms with Crippen molar-refractivity contribution < 1.29 is 18.8 Å². The molecule has 0 aliphatic carbocycles. The van der Waals surface area contributed by atoms with Gasteiger partial charge in [-0.15, -0.1) is 0 Å². The fourth-order valence-electron chi connectivity index (χ4n) is 1.78. The van der Waals surface area contributed by atoms with Crippen LogP contribution in [0.3, 0.4) is 0 Å². The van der Waals surface area contributed by atoms with Crippen molar-refractivity contribution in [1.29, 1.82) is 0 Å². The first-order valence-electron chi connectivity index (χ1n) is 5.50. The Morgan fingerprint density at radius 1 is 1.47 bits per heavy atom. The molecule has 0 aromatic heterocycles. The molecule has 1 atom stereocenters. The number of amides is 3. The van der Waals surface area contributed by atoms with E-state index in [1.807, 2.05) is 0 Å². The lowest BCUT2D eigenvalue weighted by Gasteiger charge is -2.31. The summed E-state index contributed by atoms with van der Waals surface area (Å²) >= 11 is 3.09. The summed E-state index contributed by atoms with van der Waals surface area (Å²) in [6, 6.07) is 2.87. The molecule has 1 aromatic carbocycles. The zero-order valence-corrected chi connectivity index (χ0v) is 11.5. The second kappa shape index (κ2) is 5.08. The Bertz CT molecular complexity index is 576.